The van der Waals surface area contributed by atoms with E-state index in [0.717, 1.165) is 11.3 Å². The molecule has 0 N–H and O–H groups in total. The first-order valence-corrected chi connectivity index (χ1v) is 6.15. The fourth-order valence-corrected chi connectivity index (χ4v) is 2.03. The Labute approximate surface area is 114 Å². The van der Waals surface area contributed by atoms with E-state index >= 15 is 0 Å². The quantitative estimate of drug-likeness (QED) is 0.837. The SMILES string of the molecule is O=C(c1ccccc1F)N1CCC(c2cncnc2)=N1. The molecule has 2 heterocycles. The largest absolute Gasteiger partial charge is 0.276 e. The molecule has 0 fully saturated rings. The summed E-state index contributed by atoms with van der Waals surface area (Å²) in [7, 11) is 0. The molecule has 6 heteroatoms. The number of carbonyl (C=O) groups excluding carboxylic acids is 1. The number of rotatable bonds is 2. The van der Waals surface area contributed by atoms with Gasteiger partial charge in [0.15, 0.2) is 0 Å². The van der Waals surface area contributed by atoms with Crippen LogP contribution in [-0.2, 0) is 0 Å². The molecule has 1 amide bonds. The first-order chi connectivity index (χ1) is 9.75. The van der Waals surface area contributed by atoms with Crippen molar-refractivity contribution >= 4 is 11.6 Å². The Morgan fingerprint density at radius 2 is 1.95 bits per heavy atom. The molecule has 0 unspecified atom stereocenters. The number of hydrogen-bond acceptors (Lipinski definition) is 4. The van der Waals surface area contributed by atoms with Gasteiger partial charge < -0.3 is 0 Å². The van der Waals surface area contributed by atoms with Crippen molar-refractivity contribution in [3.63, 3.8) is 0 Å². The molecule has 5 nitrogen and oxygen atoms in total. The molecule has 20 heavy (non-hydrogen) atoms. The van der Waals surface area contributed by atoms with Crippen molar-refractivity contribution in [2.45, 2.75) is 6.42 Å². The number of halogens is 1. The van der Waals surface area contributed by atoms with Crippen LogP contribution in [0.15, 0.2) is 48.1 Å². The highest BCUT2D eigenvalue weighted by molar-refractivity contribution is 6.04. The molecule has 0 bridgehead atoms. The number of aromatic nitrogens is 2. The summed E-state index contributed by atoms with van der Waals surface area (Å²) in [5.74, 6) is -0.973. The molecule has 2 aromatic rings. The van der Waals surface area contributed by atoms with Crippen molar-refractivity contribution in [3.8, 4) is 0 Å². The summed E-state index contributed by atoms with van der Waals surface area (Å²) in [4.78, 5) is 20.0. The summed E-state index contributed by atoms with van der Waals surface area (Å²) < 4.78 is 13.6. The van der Waals surface area contributed by atoms with E-state index < -0.39 is 11.7 Å². The third-order valence-electron chi connectivity index (χ3n) is 3.03. The molecule has 0 aliphatic carbocycles. The van der Waals surface area contributed by atoms with Crippen LogP contribution in [0.1, 0.15) is 22.3 Å². The zero-order chi connectivity index (χ0) is 13.9. The average molecular weight is 270 g/mol. The molecule has 0 spiro atoms. The van der Waals surface area contributed by atoms with E-state index in [4.69, 9.17) is 0 Å². The summed E-state index contributed by atoms with van der Waals surface area (Å²) in [5, 5.41) is 5.51. The van der Waals surface area contributed by atoms with E-state index in [1.54, 1.807) is 24.5 Å². The van der Waals surface area contributed by atoms with E-state index in [1.807, 2.05) is 0 Å². The van der Waals surface area contributed by atoms with Gasteiger partial charge >= 0.3 is 0 Å². The van der Waals surface area contributed by atoms with Crippen LogP contribution in [0.4, 0.5) is 4.39 Å². The molecule has 1 aliphatic rings. The van der Waals surface area contributed by atoms with Crippen molar-refractivity contribution in [2.24, 2.45) is 5.10 Å². The minimum atomic E-state index is -0.538. The lowest BCUT2D eigenvalue weighted by atomic mass is 10.1. The second-order valence-electron chi connectivity index (χ2n) is 4.33. The topological polar surface area (TPSA) is 58.5 Å². The predicted molar refractivity (Wildman–Crippen MR) is 70.6 cm³/mol. The third-order valence-corrected chi connectivity index (χ3v) is 3.03. The van der Waals surface area contributed by atoms with Crippen molar-refractivity contribution in [1.82, 2.24) is 15.0 Å². The van der Waals surface area contributed by atoms with Crippen molar-refractivity contribution in [1.29, 1.82) is 0 Å². The van der Waals surface area contributed by atoms with Crippen LogP contribution < -0.4 is 0 Å². The molecule has 3 rings (SSSR count). The highest BCUT2D eigenvalue weighted by Crippen LogP contribution is 2.17. The maximum absolute atomic E-state index is 13.6. The minimum absolute atomic E-state index is 0.0295. The lowest BCUT2D eigenvalue weighted by Gasteiger charge is -2.11. The summed E-state index contributed by atoms with van der Waals surface area (Å²) in [5.41, 5.74) is 1.54. The lowest BCUT2D eigenvalue weighted by Crippen LogP contribution is -2.24. The number of nitrogens with zero attached hydrogens (tertiary/aromatic N) is 4. The Balaban J connectivity index is 1.85. The van der Waals surface area contributed by atoms with Crippen molar-refractivity contribution in [3.05, 3.63) is 59.9 Å². The summed E-state index contributed by atoms with van der Waals surface area (Å²) in [6, 6.07) is 5.89. The summed E-state index contributed by atoms with van der Waals surface area (Å²) >= 11 is 0. The van der Waals surface area contributed by atoms with Gasteiger partial charge in [0.05, 0.1) is 17.8 Å². The van der Waals surface area contributed by atoms with Gasteiger partial charge in [-0.05, 0) is 12.1 Å². The highest BCUT2D eigenvalue weighted by atomic mass is 19.1. The Bertz CT molecular complexity index is 672. The Morgan fingerprint density at radius 1 is 1.20 bits per heavy atom. The Kier molecular flexibility index (Phi) is 3.20. The van der Waals surface area contributed by atoms with Gasteiger partial charge in [0, 0.05) is 24.4 Å². The molecule has 100 valence electrons. The molecule has 0 radical (unpaired) electrons. The van der Waals surface area contributed by atoms with Crippen molar-refractivity contribution < 1.29 is 9.18 Å². The number of amides is 1. The standard InChI is InChI=1S/C14H11FN4O/c15-12-4-2-1-3-11(12)14(20)19-6-5-13(18-19)10-7-16-9-17-8-10/h1-4,7-9H,5-6H2. The highest BCUT2D eigenvalue weighted by Gasteiger charge is 2.24. The number of benzene rings is 1. The number of hydrazone groups is 1. The number of carbonyl (C=O) groups is 1. The van der Waals surface area contributed by atoms with E-state index in [-0.39, 0.29) is 5.56 Å². The average Bonchev–Trinajstić information content (AvgIpc) is 2.98. The first kappa shape index (κ1) is 12.4. The van der Waals surface area contributed by atoms with Crippen LogP contribution in [0.25, 0.3) is 0 Å². The van der Waals surface area contributed by atoms with Gasteiger partial charge in [-0.25, -0.2) is 19.4 Å². The predicted octanol–water partition coefficient (Wildman–Crippen LogP) is 1.87. The van der Waals surface area contributed by atoms with E-state index in [9.17, 15) is 9.18 Å². The van der Waals surface area contributed by atoms with Gasteiger partial charge in [-0.1, -0.05) is 12.1 Å². The molecular weight excluding hydrogens is 259 g/mol. The second kappa shape index (κ2) is 5.16. The maximum Gasteiger partial charge on any atom is 0.276 e. The molecule has 0 atom stereocenters. The van der Waals surface area contributed by atoms with E-state index in [1.165, 1.54) is 23.5 Å². The van der Waals surface area contributed by atoms with E-state index in [2.05, 4.69) is 15.1 Å². The molecule has 0 saturated carbocycles. The monoisotopic (exact) mass is 270 g/mol. The van der Waals surface area contributed by atoms with Gasteiger partial charge in [-0.2, -0.15) is 5.10 Å². The zero-order valence-electron chi connectivity index (χ0n) is 10.5. The van der Waals surface area contributed by atoms with Crippen LogP contribution in [0, 0.1) is 5.82 Å². The summed E-state index contributed by atoms with van der Waals surface area (Å²) in [6.45, 7) is 0.428. The van der Waals surface area contributed by atoms with Gasteiger partial charge in [-0.15, -0.1) is 0 Å². The van der Waals surface area contributed by atoms with Gasteiger partial charge in [-0.3, -0.25) is 4.79 Å². The normalized spacial score (nSPS) is 14.2. The van der Waals surface area contributed by atoms with Crippen molar-refractivity contribution in [2.75, 3.05) is 6.54 Å². The lowest BCUT2D eigenvalue weighted by molar-refractivity contribution is 0.0773. The Hall–Kier alpha value is -2.63. The summed E-state index contributed by atoms with van der Waals surface area (Å²) in [6.07, 6.45) is 5.32. The van der Waals surface area contributed by atoms with E-state index in [0.29, 0.717) is 13.0 Å². The van der Waals surface area contributed by atoms with Gasteiger partial charge in [0.25, 0.3) is 5.91 Å². The fourth-order valence-electron chi connectivity index (χ4n) is 2.03. The second-order valence-corrected chi connectivity index (χ2v) is 4.33. The molecule has 1 aliphatic heterocycles. The van der Waals surface area contributed by atoms with Crippen LogP contribution >= 0.6 is 0 Å². The minimum Gasteiger partial charge on any atom is -0.267 e. The molecule has 1 aromatic heterocycles. The number of hydrogen-bond donors (Lipinski definition) is 0. The van der Waals surface area contributed by atoms with Gasteiger partial charge in [0.2, 0.25) is 0 Å². The molecule has 0 saturated heterocycles. The van der Waals surface area contributed by atoms with Crippen LogP contribution in [0.5, 0.6) is 0 Å². The molecular formula is C14H11FN4O. The van der Waals surface area contributed by atoms with Crippen LogP contribution in [-0.4, -0.2) is 33.1 Å². The van der Waals surface area contributed by atoms with Crippen LogP contribution in [0.3, 0.4) is 0 Å². The zero-order valence-corrected chi connectivity index (χ0v) is 10.5. The molecule has 1 aromatic carbocycles. The third kappa shape index (κ3) is 2.27. The fraction of sp³-hybridized carbons (Fsp3) is 0.143. The van der Waals surface area contributed by atoms with Crippen LogP contribution in [0.2, 0.25) is 0 Å². The maximum atomic E-state index is 13.6. The van der Waals surface area contributed by atoms with Gasteiger partial charge in [0.1, 0.15) is 12.1 Å². The Morgan fingerprint density at radius 3 is 2.70 bits per heavy atom. The smallest absolute Gasteiger partial charge is 0.267 e. The first-order valence-electron chi connectivity index (χ1n) is 6.15.